The van der Waals surface area contributed by atoms with Crippen molar-refractivity contribution in [1.29, 1.82) is 0 Å². The van der Waals surface area contributed by atoms with Crippen LogP contribution in [-0.4, -0.2) is 54.4 Å². The van der Waals surface area contributed by atoms with E-state index in [-0.39, 0.29) is 18.1 Å². The monoisotopic (exact) mass is 272 g/mol. The van der Waals surface area contributed by atoms with E-state index in [2.05, 4.69) is 5.32 Å². The second-order valence-corrected chi connectivity index (χ2v) is 5.10. The van der Waals surface area contributed by atoms with Gasteiger partial charge in [0, 0.05) is 20.2 Å². The number of carboxylic acid groups (broad SMARTS) is 1. The van der Waals surface area contributed by atoms with Gasteiger partial charge in [0.2, 0.25) is 0 Å². The van der Waals surface area contributed by atoms with Crippen molar-refractivity contribution in [3.63, 3.8) is 0 Å². The minimum absolute atomic E-state index is 0.0476. The van der Waals surface area contributed by atoms with Crippen molar-refractivity contribution in [2.24, 2.45) is 5.92 Å². The number of methoxy groups -OCH3 is 1. The fourth-order valence-corrected chi connectivity index (χ4v) is 2.22. The highest BCUT2D eigenvalue weighted by Gasteiger charge is 2.29. The maximum atomic E-state index is 12.1. The lowest BCUT2D eigenvalue weighted by atomic mass is 9.99. The van der Waals surface area contributed by atoms with Gasteiger partial charge >= 0.3 is 12.0 Å². The SMILES string of the molecule is CCC(C)C(NC(=O)N1CCCC(OC)C1)C(=O)O. The molecule has 6 nitrogen and oxygen atoms in total. The normalized spacial score (nSPS) is 22.7. The van der Waals surface area contributed by atoms with Crippen LogP contribution in [0, 0.1) is 5.92 Å². The van der Waals surface area contributed by atoms with Gasteiger partial charge < -0.3 is 20.1 Å². The molecular weight excluding hydrogens is 248 g/mol. The first-order chi connectivity index (χ1) is 8.99. The summed E-state index contributed by atoms with van der Waals surface area (Å²) in [6.07, 6.45) is 2.57. The Hall–Kier alpha value is -1.30. The predicted octanol–water partition coefficient (Wildman–Crippen LogP) is 1.31. The summed E-state index contributed by atoms with van der Waals surface area (Å²) < 4.78 is 5.25. The Labute approximate surface area is 114 Å². The molecule has 1 heterocycles. The number of ether oxygens (including phenoxy) is 1. The second kappa shape index (κ2) is 7.33. The molecule has 19 heavy (non-hydrogen) atoms. The Bertz CT molecular complexity index is 322. The summed E-state index contributed by atoms with van der Waals surface area (Å²) in [5.41, 5.74) is 0. The largest absolute Gasteiger partial charge is 0.480 e. The molecule has 0 radical (unpaired) electrons. The molecule has 1 rings (SSSR count). The fourth-order valence-electron chi connectivity index (χ4n) is 2.22. The number of piperidine rings is 1. The van der Waals surface area contributed by atoms with E-state index in [9.17, 15) is 9.59 Å². The van der Waals surface area contributed by atoms with E-state index in [4.69, 9.17) is 9.84 Å². The molecule has 2 N–H and O–H groups in total. The molecule has 0 aromatic carbocycles. The molecule has 1 aliphatic heterocycles. The van der Waals surface area contributed by atoms with Gasteiger partial charge in [0.15, 0.2) is 0 Å². The van der Waals surface area contributed by atoms with Gasteiger partial charge in [-0.15, -0.1) is 0 Å². The summed E-state index contributed by atoms with van der Waals surface area (Å²) in [7, 11) is 1.63. The lowest BCUT2D eigenvalue weighted by Gasteiger charge is -2.33. The van der Waals surface area contributed by atoms with Crippen LogP contribution in [0.5, 0.6) is 0 Å². The Balaban J connectivity index is 2.58. The number of carbonyl (C=O) groups is 2. The third-order valence-electron chi connectivity index (χ3n) is 3.76. The van der Waals surface area contributed by atoms with E-state index < -0.39 is 12.0 Å². The van der Waals surface area contributed by atoms with Gasteiger partial charge in [0.05, 0.1) is 6.10 Å². The molecule has 0 saturated carbocycles. The molecule has 2 amide bonds. The smallest absolute Gasteiger partial charge is 0.326 e. The topological polar surface area (TPSA) is 78.9 Å². The molecule has 0 aromatic heterocycles. The average Bonchev–Trinajstić information content (AvgIpc) is 2.43. The summed E-state index contributed by atoms with van der Waals surface area (Å²) in [6.45, 7) is 4.91. The Morgan fingerprint density at radius 1 is 1.53 bits per heavy atom. The fraction of sp³-hybridized carbons (Fsp3) is 0.846. The van der Waals surface area contributed by atoms with Crippen molar-refractivity contribution in [2.75, 3.05) is 20.2 Å². The van der Waals surface area contributed by atoms with Crippen LogP contribution >= 0.6 is 0 Å². The van der Waals surface area contributed by atoms with Crippen LogP contribution < -0.4 is 5.32 Å². The van der Waals surface area contributed by atoms with Crippen molar-refractivity contribution in [3.05, 3.63) is 0 Å². The molecule has 110 valence electrons. The van der Waals surface area contributed by atoms with Crippen LogP contribution in [-0.2, 0) is 9.53 Å². The zero-order valence-corrected chi connectivity index (χ0v) is 11.9. The van der Waals surface area contributed by atoms with E-state index >= 15 is 0 Å². The van der Waals surface area contributed by atoms with Crippen LogP contribution in [0.3, 0.4) is 0 Å². The van der Waals surface area contributed by atoms with E-state index in [1.807, 2.05) is 13.8 Å². The summed E-state index contributed by atoms with van der Waals surface area (Å²) >= 11 is 0. The van der Waals surface area contributed by atoms with E-state index in [0.717, 1.165) is 12.8 Å². The van der Waals surface area contributed by atoms with E-state index in [0.29, 0.717) is 19.5 Å². The van der Waals surface area contributed by atoms with Crippen LogP contribution in [0.25, 0.3) is 0 Å². The van der Waals surface area contributed by atoms with Gasteiger partial charge in [-0.25, -0.2) is 9.59 Å². The van der Waals surface area contributed by atoms with E-state index in [1.165, 1.54) is 0 Å². The molecular formula is C13H24N2O4. The lowest BCUT2D eigenvalue weighted by Crippen LogP contribution is -2.53. The molecule has 1 saturated heterocycles. The molecule has 3 unspecified atom stereocenters. The highest BCUT2D eigenvalue weighted by atomic mass is 16.5. The van der Waals surface area contributed by atoms with Crippen molar-refractivity contribution < 1.29 is 19.4 Å². The second-order valence-electron chi connectivity index (χ2n) is 5.10. The number of aliphatic carboxylic acids is 1. The Morgan fingerprint density at radius 3 is 2.74 bits per heavy atom. The minimum Gasteiger partial charge on any atom is -0.480 e. The number of urea groups is 1. The number of nitrogens with one attached hydrogen (secondary N) is 1. The minimum atomic E-state index is -0.983. The lowest BCUT2D eigenvalue weighted by molar-refractivity contribution is -0.140. The number of hydrogen-bond acceptors (Lipinski definition) is 3. The maximum Gasteiger partial charge on any atom is 0.326 e. The van der Waals surface area contributed by atoms with Crippen LogP contribution in [0.2, 0.25) is 0 Å². The first-order valence-corrected chi connectivity index (χ1v) is 6.80. The van der Waals surface area contributed by atoms with Crippen molar-refractivity contribution in [2.45, 2.75) is 45.3 Å². The number of rotatable bonds is 5. The van der Waals surface area contributed by atoms with Crippen LogP contribution in [0.15, 0.2) is 0 Å². The average molecular weight is 272 g/mol. The number of likely N-dealkylation sites (tertiary alicyclic amines) is 1. The number of carboxylic acids is 1. The summed E-state index contributed by atoms with van der Waals surface area (Å²) in [4.78, 5) is 24.9. The maximum absolute atomic E-state index is 12.1. The van der Waals surface area contributed by atoms with Gasteiger partial charge in [-0.1, -0.05) is 20.3 Å². The van der Waals surface area contributed by atoms with Gasteiger partial charge in [-0.3, -0.25) is 0 Å². The quantitative estimate of drug-likeness (QED) is 0.791. The first kappa shape index (κ1) is 15.8. The number of nitrogens with zero attached hydrogens (tertiary/aromatic N) is 1. The first-order valence-electron chi connectivity index (χ1n) is 6.80. The van der Waals surface area contributed by atoms with Crippen molar-refractivity contribution >= 4 is 12.0 Å². The van der Waals surface area contributed by atoms with Crippen molar-refractivity contribution in [3.8, 4) is 0 Å². The summed E-state index contributed by atoms with van der Waals surface area (Å²) in [6, 6.07) is -1.14. The Kier molecular flexibility index (Phi) is 6.08. The molecule has 0 aromatic rings. The Morgan fingerprint density at radius 2 is 2.21 bits per heavy atom. The zero-order valence-electron chi connectivity index (χ0n) is 11.9. The predicted molar refractivity (Wildman–Crippen MR) is 71.0 cm³/mol. The standard InChI is InChI=1S/C13H24N2O4/c1-4-9(2)11(12(16)17)14-13(18)15-7-5-6-10(8-15)19-3/h9-11H,4-8H2,1-3H3,(H,14,18)(H,16,17). The summed E-state index contributed by atoms with van der Waals surface area (Å²) in [5, 5.41) is 11.8. The molecule has 6 heteroatoms. The molecule has 0 bridgehead atoms. The van der Waals surface area contributed by atoms with Crippen LogP contribution in [0.4, 0.5) is 4.79 Å². The molecule has 0 aliphatic carbocycles. The summed E-state index contributed by atoms with van der Waals surface area (Å²) in [5.74, 6) is -1.08. The molecule has 3 atom stereocenters. The van der Waals surface area contributed by atoms with Gasteiger partial charge in [0.25, 0.3) is 0 Å². The number of carbonyl (C=O) groups excluding carboxylic acids is 1. The van der Waals surface area contributed by atoms with Crippen molar-refractivity contribution in [1.82, 2.24) is 10.2 Å². The number of amides is 2. The van der Waals surface area contributed by atoms with Gasteiger partial charge in [-0.05, 0) is 18.8 Å². The van der Waals surface area contributed by atoms with Gasteiger partial charge in [0.1, 0.15) is 6.04 Å². The van der Waals surface area contributed by atoms with E-state index in [1.54, 1.807) is 12.0 Å². The van der Waals surface area contributed by atoms with Crippen LogP contribution in [0.1, 0.15) is 33.1 Å². The molecule has 1 fully saturated rings. The number of hydrogen-bond donors (Lipinski definition) is 2. The molecule has 0 spiro atoms. The zero-order chi connectivity index (χ0) is 14.4. The third-order valence-corrected chi connectivity index (χ3v) is 3.76. The van der Waals surface area contributed by atoms with Gasteiger partial charge in [-0.2, -0.15) is 0 Å². The third kappa shape index (κ3) is 4.38. The molecule has 1 aliphatic rings. The highest BCUT2D eigenvalue weighted by Crippen LogP contribution is 2.14. The highest BCUT2D eigenvalue weighted by molar-refractivity contribution is 5.82.